The van der Waals surface area contributed by atoms with Crippen molar-refractivity contribution in [2.24, 2.45) is 0 Å². The highest BCUT2D eigenvalue weighted by Gasteiger charge is 2.17. The summed E-state index contributed by atoms with van der Waals surface area (Å²) < 4.78 is 5.74. The minimum atomic E-state index is 0.154. The van der Waals surface area contributed by atoms with Crippen molar-refractivity contribution in [3.05, 3.63) is 22.9 Å². The van der Waals surface area contributed by atoms with Crippen molar-refractivity contribution in [2.75, 3.05) is 6.54 Å². The molecule has 2 aromatic rings. The van der Waals surface area contributed by atoms with Gasteiger partial charge in [0.15, 0.2) is 0 Å². The molecule has 1 atom stereocenters. The Hall–Kier alpha value is -1.20. The molecule has 0 bridgehead atoms. The van der Waals surface area contributed by atoms with Gasteiger partial charge in [0.05, 0.1) is 10.9 Å². The molecule has 4 nitrogen and oxygen atoms in total. The van der Waals surface area contributed by atoms with Crippen molar-refractivity contribution in [3.63, 3.8) is 0 Å². The second kappa shape index (κ2) is 5.42. The van der Waals surface area contributed by atoms with Crippen molar-refractivity contribution in [2.45, 2.75) is 33.2 Å². The predicted octanol–water partition coefficient (Wildman–Crippen LogP) is 3.17. The van der Waals surface area contributed by atoms with Crippen molar-refractivity contribution in [3.8, 4) is 10.8 Å². The normalized spacial score (nSPS) is 12.9. The Labute approximate surface area is 105 Å². The van der Waals surface area contributed by atoms with Crippen molar-refractivity contribution < 1.29 is 4.42 Å². The van der Waals surface area contributed by atoms with Crippen LogP contribution >= 0.6 is 11.3 Å². The van der Waals surface area contributed by atoms with Gasteiger partial charge in [-0.15, -0.1) is 21.5 Å². The molecular weight excluding hydrogens is 234 g/mol. The molecule has 0 aromatic carbocycles. The van der Waals surface area contributed by atoms with Gasteiger partial charge in [-0.2, -0.15) is 0 Å². The third-order valence-corrected chi connectivity index (χ3v) is 3.66. The van der Waals surface area contributed by atoms with Gasteiger partial charge >= 0.3 is 0 Å². The van der Waals surface area contributed by atoms with E-state index >= 15 is 0 Å². The Morgan fingerprint density at radius 1 is 1.41 bits per heavy atom. The quantitative estimate of drug-likeness (QED) is 0.886. The summed E-state index contributed by atoms with van der Waals surface area (Å²) >= 11 is 1.63. The van der Waals surface area contributed by atoms with Gasteiger partial charge in [0.1, 0.15) is 0 Å². The number of rotatable bonds is 5. The van der Waals surface area contributed by atoms with Gasteiger partial charge in [0.25, 0.3) is 5.89 Å². The molecule has 1 unspecified atom stereocenters. The standard InChI is InChI=1S/C12H17N3OS/c1-4-9(13-5-2)11-14-15-12(16-11)10-8(3)6-7-17-10/h6-7,9,13H,4-5H2,1-3H3. The summed E-state index contributed by atoms with van der Waals surface area (Å²) in [4.78, 5) is 1.06. The second-order valence-electron chi connectivity index (χ2n) is 3.90. The van der Waals surface area contributed by atoms with E-state index in [-0.39, 0.29) is 6.04 Å². The minimum absolute atomic E-state index is 0.154. The van der Waals surface area contributed by atoms with Gasteiger partial charge < -0.3 is 9.73 Å². The lowest BCUT2D eigenvalue weighted by atomic mass is 10.2. The summed E-state index contributed by atoms with van der Waals surface area (Å²) in [5.74, 6) is 1.31. The van der Waals surface area contributed by atoms with E-state index in [2.05, 4.69) is 42.4 Å². The summed E-state index contributed by atoms with van der Waals surface area (Å²) in [5, 5.41) is 13.6. The molecule has 0 fully saturated rings. The maximum Gasteiger partial charge on any atom is 0.258 e. The summed E-state index contributed by atoms with van der Waals surface area (Å²) in [7, 11) is 0. The van der Waals surface area contributed by atoms with E-state index < -0.39 is 0 Å². The average Bonchev–Trinajstić information content (AvgIpc) is 2.94. The van der Waals surface area contributed by atoms with Crippen LogP contribution in [0.2, 0.25) is 0 Å². The van der Waals surface area contributed by atoms with Crippen LogP contribution in [-0.2, 0) is 0 Å². The number of aromatic nitrogens is 2. The Kier molecular flexibility index (Phi) is 3.91. The lowest BCUT2D eigenvalue weighted by Gasteiger charge is -2.09. The number of thiophene rings is 1. The van der Waals surface area contributed by atoms with Crippen molar-refractivity contribution in [1.82, 2.24) is 15.5 Å². The number of nitrogens with one attached hydrogen (secondary N) is 1. The molecule has 92 valence electrons. The fourth-order valence-corrected chi connectivity index (χ4v) is 2.56. The SMILES string of the molecule is CCNC(CC)c1nnc(-c2sccc2C)o1. The third kappa shape index (κ3) is 2.56. The first kappa shape index (κ1) is 12.3. The highest BCUT2D eigenvalue weighted by molar-refractivity contribution is 7.13. The summed E-state index contributed by atoms with van der Waals surface area (Å²) in [6.07, 6.45) is 0.943. The lowest BCUT2D eigenvalue weighted by molar-refractivity contribution is 0.402. The molecule has 17 heavy (non-hydrogen) atoms. The highest BCUT2D eigenvalue weighted by Crippen LogP contribution is 2.29. The topological polar surface area (TPSA) is 51.0 Å². The van der Waals surface area contributed by atoms with E-state index in [4.69, 9.17) is 4.42 Å². The van der Waals surface area contributed by atoms with Crippen LogP contribution in [0.1, 0.15) is 37.8 Å². The van der Waals surface area contributed by atoms with E-state index in [9.17, 15) is 0 Å². The molecule has 0 saturated carbocycles. The fourth-order valence-electron chi connectivity index (χ4n) is 1.71. The van der Waals surface area contributed by atoms with Gasteiger partial charge in [-0.05, 0) is 36.9 Å². The van der Waals surface area contributed by atoms with Gasteiger partial charge in [0, 0.05) is 0 Å². The van der Waals surface area contributed by atoms with Crippen LogP contribution in [0, 0.1) is 6.92 Å². The van der Waals surface area contributed by atoms with Crippen LogP contribution < -0.4 is 5.32 Å². The first-order chi connectivity index (χ1) is 8.26. The third-order valence-electron chi connectivity index (χ3n) is 2.65. The monoisotopic (exact) mass is 251 g/mol. The first-order valence-corrected chi connectivity index (χ1v) is 6.75. The summed E-state index contributed by atoms with van der Waals surface area (Å²) in [5.41, 5.74) is 1.18. The Morgan fingerprint density at radius 3 is 2.82 bits per heavy atom. The zero-order chi connectivity index (χ0) is 12.3. The molecular formula is C12H17N3OS. The molecule has 0 spiro atoms. The number of aryl methyl sites for hydroxylation is 1. The molecule has 0 aliphatic rings. The Morgan fingerprint density at radius 2 is 2.24 bits per heavy atom. The van der Waals surface area contributed by atoms with Crippen LogP contribution in [-0.4, -0.2) is 16.7 Å². The minimum Gasteiger partial charge on any atom is -0.418 e. The zero-order valence-electron chi connectivity index (χ0n) is 10.4. The molecule has 0 aliphatic carbocycles. The average molecular weight is 251 g/mol. The molecule has 5 heteroatoms. The zero-order valence-corrected chi connectivity index (χ0v) is 11.2. The molecule has 0 radical (unpaired) electrons. The maximum atomic E-state index is 5.74. The molecule has 0 amide bonds. The fraction of sp³-hybridized carbons (Fsp3) is 0.500. The smallest absolute Gasteiger partial charge is 0.258 e. The highest BCUT2D eigenvalue weighted by atomic mass is 32.1. The number of hydrogen-bond acceptors (Lipinski definition) is 5. The molecule has 2 rings (SSSR count). The Bertz CT molecular complexity index is 478. The van der Waals surface area contributed by atoms with Crippen LogP contribution in [0.5, 0.6) is 0 Å². The lowest BCUT2D eigenvalue weighted by Crippen LogP contribution is -2.20. The van der Waals surface area contributed by atoms with Crippen molar-refractivity contribution in [1.29, 1.82) is 0 Å². The predicted molar refractivity (Wildman–Crippen MR) is 69.1 cm³/mol. The molecule has 2 aromatic heterocycles. The molecule has 0 saturated heterocycles. The van der Waals surface area contributed by atoms with Gasteiger partial charge in [-0.25, -0.2) is 0 Å². The van der Waals surface area contributed by atoms with E-state index in [0.717, 1.165) is 17.8 Å². The number of hydrogen-bond donors (Lipinski definition) is 1. The van der Waals surface area contributed by atoms with E-state index in [1.807, 2.05) is 5.38 Å². The van der Waals surface area contributed by atoms with Crippen LogP contribution in [0.25, 0.3) is 10.8 Å². The van der Waals surface area contributed by atoms with E-state index in [0.29, 0.717) is 11.8 Å². The van der Waals surface area contributed by atoms with E-state index in [1.165, 1.54) is 5.56 Å². The Balaban J connectivity index is 2.24. The first-order valence-electron chi connectivity index (χ1n) is 5.87. The van der Waals surface area contributed by atoms with Crippen LogP contribution in [0.3, 0.4) is 0 Å². The molecule has 1 N–H and O–H groups in total. The van der Waals surface area contributed by atoms with Crippen LogP contribution in [0.4, 0.5) is 0 Å². The second-order valence-corrected chi connectivity index (χ2v) is 4.81. The largest absolute Gasteiger partial charge is 0.418 e. The van der Waals surface area contributed by atoms with Crippen LogP contribution in [0.15, 0.2) is 15.9 Å². The van der Waals surface area contributed by atoms with Gasteiger partial charge in [-0.3, -0.25) is 0 Å². The maximum absolute atomic E-state index is 5.74. The molecule has 0 aliphatic heterocycles. The van der Waals surface area contributed by atoms with Gasteiger partial charge in [-0.1, -0.05) is 13.8 Å². The summed E-state index contributed by atoms with van der Waals surface area (Å²) in [6.45, 7) is 7.13. The summed E-state index contributed by atoms with van der Waals surface area (Å²) in [6, 6.07) is 2.22. The van der Waals surface area contributed by atoms with E-state index in [1.54, 1.807) is 11.3 Å². The van der Waals surface area contributed by atoms with Crippen molar-refractivity contribution >= 4 is 11.3 Å². The van der Waals surface area contributed by atoms with Gasteiger partial charge in [0.2, 0.25) is 5.89 Å². The molecule has 2 heterocycles. The number of nitrogens with zero attached hydrogens (tertiary/aromatic N) is 2.